The first-order chi connectivity index (χ1) is 15.0. The molecule has 0 aromatic carbocycles. The third kappa shape index (κ3) is 3.28. The lowest BCUT2D eigenvalue weighted by Gasteiger charge is -2.29. The maximum atomic E-state index is 13.6. The van der Waals surface area contributed by atoms with Gasteiger partial charge in [0, 0.05) is 23.7 Å². The van der Waals surface area contributed by atoms with Gasteiger partial charge in [-0.2, -0.15) is 0 Å². The summed E-state index contributed by atoms with van der Waals surface area (Å²) >= 11 is 0. The van der Waals surface area contributed by atoms with Crippen molar-refractivity contribution in [1.29, 1.82) is 0 Å². The smallest absolute Gasteiger partial charge is 0.258 e. The van der Waals surface area contributed by atoms with Crippen molar-refractivity contribution >= 4 is 28.6 Å². The number of hydrogen-bond donors (Lipinski definition) is 2. The standard InChI is InChI=1S/C22H25N7O2/c1-12-16(17-19(28-22(2)6-7-22)25-11-26-20(17)31-12)21(30)29-8-5-14-15(9-29)23-10-24-18(14)27-13-3-4-13/h10-11,13H,3-9H2,1-2H3,(H,23,24,27)(H,25,26,28). The van der Waals surface area contributed by atoms with Crippen LogP contribution in [0.5, 0.6) is 0 Å². The molecule has 3 aromatic heterocycles. The molecule has 2 aliphatic carbocycles. The molecule has 1 aliphatic heterocycles. The van der Waals surface area contributed by atoms with Crippen LogP contribution in [0.15, 0.2) is 17.1 Å². The second-order valence-electron chi connectivity index (χ2n) is 9.16. The first kappa shape index (κ1) is 18.5. The number of amides is 1. The van der Waals surface area contributed by atoms with Gasteiger partial charge in [0.15, 0.2) is 0 Å². The summed E-state index contributed by atoms with van der Waals surface area (Å²) in [7, 11) is 0. The maximum Gasteiger partial charge on any atom is 0.258 e. The van der Waals surface area contributed by atoms with Crippen molar-refractivity contribution in [2.24, 2.45) is 0 Å². The van der Waals surface area contributed by atoms with Gasteiger partial charge in [0.1, 0.15) is 30.1 Å². The molecule has 0 unspecified atom stereocenters. The van der Waals surface area contributed by atoms with Gasteiger partial charge in [-0.1, -0.05) is 0 Å². The van der Waals surface area contributed by atoms with Crippen LogP contribution in [0.4, 0.5) is 11.6 Å². The predicted octanol–water partition coefficient (Wildman–Crippen LogP) is 3.06. The largest absolute Gasteiger partial charge is 0.442 e. The lowest BCUT2D eigenvalue weighted by atomic mass is 10.0. The van der Waals surface area contributed by atoms with Gasteiger partial charge < -0.3 is 20.0 Å². The van der Waals surface area contributed by atoms with E-state index in [0.29, 0.717) is 47.4 Å². The SMILES string of the molecule is Cc1oc2ncnc(NC3(C)CC3)c2c1C(=O)N1CCc2c(ncnc2NC2CC2)C1. The number of hydrogen-bond acceptors (Lipinski definition) is 8. The number of carbonyl (C=O) groups excluding carboxylic acids is 1. The van der Waals surface area contributed by atoms with Gasteiger partial charge in [-0.15, -0.1) is 0 Å². The first-order valence-electron chi connectivity index (χ1n) is 10.9. The van der Waals surface area contributed by atoms with Crippen molar-refractivity contribution in [2.75, 3.05) is 17.2 Å². The molecule has 9 nitrogen and oxygen atoms in total. The molecule has 9 heteroatoms. The lowest BCUT2D eigenvalue weighted by molar-refractivity contribution is 0.0731. The topological polar surface area (TPSA) is 109 Å². The molecule has 4 heterocycles. The van der Waals surface area contributed by atoms with E-state index in [1.165, 1.54) is 19.2 Å². The zero-order valence-corrected chi connectivity index (χ0v) is 17.7. The number of nitrogens with one attached hydrogen (secondary N) is 2. The molecule has 0 atom stereocenters. The zero-order chi connectivity index (χ0) is 21.2. The fraction of sp³-hybridized carbons (Fsp3) is 0.500. The van der Waals surface area contributed by atoms with Gasteiger partial charge in [-0.05, 0) is 46.0 Å². The van der Waals surface area contributed by atoms with Crippen LogP contribution in [0.3, 0.4) is 0 Å². The highest BCUT2D eigenvalue weighted by Gasteiger charge is 2.39. The average Bonchev–Trinajstić information content (AvgIpc) is 3.68. The number of aryl methyl sites for hydroxylation is 1. The third-order valence-corrected chi connectivity index (χ3v) is 6.51. The van der Waals surface area contributed by atoms with Crippen molar-refractivity contribution < 1.29 is 9.21 Å². The second kappa shape index (κ2) is 6.63. The molecule has 2 N–H and O–H groups in total. The summed E-state index contributed by atoms with van der Waals surface area (Å²) in [4.78, 5) is 33.1. The van der Waals surface area contributed by atoms with Crippen LogP contribution in [0, 0.1) is 6.92 Å². The van der Waals surface area contributed by atoms with Crippen LogP contribution in [0.2, 0.25) is 0 Å². The normalized spacial score (nSPS) is 19.2. The van der Waals surface area contributed by atoms with E-state index in [0.717, 1.165) is 36.3 Å². The fourth-order valence-corrected chi connectivity index (χ4v) is 4.23. The highest BCUT2D eigenvalue weighted by molar-refractivity contribution is 6.10. The Hall–Kier alpha value is -3.23. The number of aromatic nitrogens is 4. The minimum atomic E-state index is -0.0731. The molecule has 0 saturated heterocycles. The molecule has 6 rings (SSSR count). The second-order valence-corrected chi connectivity index (χ2v) is 9.16. The lowest BCUT2D eigenvalue weighted by Crippen LogP contribution is -2.37. The Kier molecular flexibility index (Phi) is 3.97. The van der Waals surface area contributed by atoms with Gasteiger partial charge in [0.25, 0.3) is 5.91 Å². The van der Waals surface area contributed by atoms with E-state index in [1.807, 2.05) is 11.8 Å². The average molecular weight is 419 g/mol. The molecule has 31 heavy (non-hydrogen) atoms. The number of carbonyl (C=O) groups is 1. The Morgan fingerprint density at radius 3 is 2.71 bits per heavy atom. The van der Waals surface area contributed by atoms with E-state index in [9.17, 15) is 4.79 Å². The quantitative estimate of drug-likeness (QED) is 0.649. The van der Waals surface area contributed by atoms with Gasteiger partial charge in [-0.25, -0.2) is 19.9 Å². The highest BCUT2D eigenvalue weighted by atomic mass is 16.3. The minimum absolute atomic E-state index is 0.0265. The molecule has 2 fully saturated rings. The van der Waals surface area contributed by atoms with E-state index in [4.69, 9.17) is 4.42 Å². The van der Waals surface area contributed by atoms with Crippen LogP contribution in [0.25, 0.3) is 11.1 Å². The number of rotatable bonds is 5. The van der Waals surface area contributed by atoms with Gasteiger partial charge in [0.2, 0.25) is 5.71 Å². The molecular weight excluding hydrogens is 394 g/mol. The number of nitrogens with zero attached hydrogens (tertiary/aromatic N) is 5. The Bertz CT molecular complexity index is 1200. The zero-order valence-electron chi connectivity index (χ0n) is 17.7. The van der Waals surface area contributed by atoms with Crippen molar-refractivity contribution in [3.8, 4) is 0 Å². The van der Waals surface area contributed by atoms with E-state index in [-0.39, 0.29) is 11.4 Å². The number of furan rings is 1. The monoisotopic (exact) mass is 419 g/mol. The molecule has 0 bridgehead atoms. The Morgan fingerprint density at radius 2 is 1.94 bits per heavy atom. The summed E-state index contributed by atoms with van der Waals surface area (Å²) in [6.45, 7) is 5.04. The van der Waals surface area contributed by atoms with Crippen molar-refractivity contribution in [3.05, 3.63) is 35.2 Å². The summed E-state index contributed by atoms with van der Waals surface area (Å²) < 4.78 is 5.85. The Morgan fingerprint density at radius 1 is 1.16 bits per heavy atom. The van der Waals surface area contributed by atoms with Crippen molar-refractivity contribution in [3.63, 3.8) is 0 Å². The Labute approximate surface area is 179 Å². The molecule has 3 aromatic rings. The summed E-state index contributed by atoms with van der Waals surface area (Å²) in [5.74, 6) is 2.08. The van der Waals surface area contributed by atoms with Crippen LogP contribution >= 0.6 is 0 Å². The maximum absolute atomic E-state index is 13.6. The van der Waals surface area contributed by atoms with Crippen molar-refractivity contribution in [1.82, 2.24) is 24.8 Å². The number of anilines is 2. The molecule has 1 amide bonds. The molecule has 0 spiro atoms. The summed E-state index contributed by atoms with van der Waals surface area (Å²) in [6.07, 6.45) is 8.34. The van der Waals surface area contributed by atoms with Crippen molar-refractivity contribution in [2.45, 2.75) is 64.1 Å². The summed E-state index contributed by atoms with van der Waals surface area (Å²) in [5.41, 5.74) is 3.04. The highest BCUT2D eigenvalue weighted by Crippen LogP contribution is 2.40. The van der Waals surface area contributed by atoms with Crippen LogP contribution < -0.4 is 10.6 Å². The minimum Gasteiger partial charge on any atom is -0.442 e. The summed E-state index contributed by atoms with van der Waals surface area (Å²) in [5, 5.41) is 7.64. The van der Waals surface area contributed by atoms with E-state index in [1.54, 1.807) is 6.33 Å². The molecule has 0 radical (unpaired) electrons. The van der Waals surface area contributed by atoms with Crippen LogP contribution in [-0.4, -0.2) is 48.9 Å². The first-order valence-corrected chi connectivity index (χ1v) is 10.9. The predicted molar refractivity (Wildman–Crippen MR) is 115 cm³/mol. The van der Waals surface area contributed by atoms with Gasteiger partial charge in [0.05, 0.1) is 23.2 Å². The van der Waals surface area contributed by atoms with Crippen LogP contribution in [0.1, 0.15) is 60.0 Å². The van der Waals surface area contributed by atoms with E-state index < -0.39 is 0 Å². The third-order valence-electron chi connectivity index (χ3n) is 6.51. The molecule has 3 aliphatic rings. The molecular formula is C22H25N7O2. The number of fused-ring (bicyclic) bond motifs is 2. The van der Waals surface area contributed by atoms with E-state index in [2.05, 4.69) is 37.5 Å². The molecule has 160 valence electrons. The molecule has 2 saturated carbocycles. The van der Waals surface area contributed by atoms with Gasteiger partial charge in [-0.3, -0.25) is 4.79 Å². The summed E-state index contributed by atoms with van der Waals surface area (Å²) in [6, 6.07) is 0.526. The van der Waals surface area contributed by atoms with Crippen LogP contribution in [-0.2, 0) is 13.0 Å². The fourth-order valence-electron chi connectivity index (χ4n) is 4.23. The van der Waals surface area contributed by atoms with Gasteiger partial charge >= 0.3 is 0 Å². The van der Waals surface area contributed by atoms with E-state index >= 15 is 0 Å². The Balaban J connectivity index is 1.33.